The SMILES string of the molecule is N=C(N)SCc1ccccc1Cl.[Cl-]. The van der Waals surface area contributed by atoms with Crippen molar-refractivity contribution in [3.05, 3.63) is 34.9 Å². The topological polar surface area (TPSA) is 49.9 Å². The van der Waals surface area contributed by atoms with E-state index in [1.54, 1.807) is 0 Å². The van der Waals surface area contributed by atoms with E-state index in [-0.39, 0.29) is 17.6 Å². The molecule has 0 amide bonds. The van der Waals surface area contributed by atoms with Crippen molar-refractivity contribution in [2.45, 2.75) is 5.75 Å². The highest BCUT2D eigenvalue weighted by molar-refractivity contribution is 8.13. The van der Waals surface area contributed by atoms with Gasteiger partial charge in [-0.05, 0) is 11.6 Å². The zero-order chi connectivity index (χ0) is 8.97. The molecular formula is C8H9Cl2N2S-. The molecular weight excluding hydrogens is 227 g/mol. The third-order valence-corrected chi connectivity index (χ3v) is 2.48. The first-order valence-corrected chi connectivity index (χ1v) is 4.76. The molecule has 0 aliphatic heterocycles. The minimum Gasteiger partial charge on any atom is -1.00 e. The highest BCUT2D eigenvalue weighted by Gasteiger charge is 1.99. The molecule has 0 aliphatic rings. The lowest BCUT2D eigenvalue weighted by Crippen LogP contribution is -3.00. The first-order valence-electron chi connectivity index (χ1n) is 3.40. The third-order valence-electron chi connectivity index (χ3n) is 1.34. The van der Waals surface area contributed by atoms with Gasteiger partial charge < -0.3 is 18.1 Å². The first-order chi connectivity index (χ1) is 5.70. The van der Waals surface area contributed by atoms with Gasteiger partial charge in [-0.3, -0.25) is 5.41 Å². The average molecular weight is 236 g/mol. The quantitative estimate of drug-likeness (QED) is 0.535. The molecule has 0 bridgehead atoms. The molecule has 3 N–H and O–H groups in total. The van der Waals surface area contributed by atoms with Crippen LogP contribution in [-0.4, -0.2) is 5.17 Å². The van der Waals surface area contributed by atoms with Crippen LogP contribution in [0.4, 0.5) is 0 Å². The number of nitrogens with one attached hydrogen (secondary N) is 1. The van der Waals surface area contributed by atoms with Gasteiger partial charge in [-0.25, -0.2) is 0 Å². The lowest BCUT2D eigenvalue weighted by Gasteiger charge is -2.01. The van der Waals surface area contributed by atoms with E-state index in [9.17, 15) is 0 Å². The summed E-state index contributed by atoms with van der Waals surface area (Å²) in [5.74, 6) is 0.662. The summed E-state index contributed by atoms with van der Waals surface area (Å²) in [4.78, 5) is 0. The molecule has 0 aromatic heterocycles. The monoisotopic (exact) mass is 235 g/mol. The molecule has 13 heavy (non-hydrogen) atoms. The minimum absolute atomic E-state index is 0. The maximum atomic E-state index is 7.01. The molecule has 0 fully saturated rings. The highest BCUT2D eigenvalue weighted by Crippen LogP contribution is 2.19. The van der Waals surface area contributed by atoms with Crippen LogP contribution in [0.1, 0.15) is 5.56 Å². The second kappa shape index (κ2) is 6.13. The van der Waals surface area contributed by atoms with E-state index in [0.717, 1.165) is 10.6 Å². The summed E-state index contributed by atoms with van der Waals surface area (Å²) in [6.07, 6.45) is 0. The third kappa shape index (κ3) is 4.41. The van der Waals surface area contributed by atoms with E-state index in [1.807, 2.05) is 24.3 Å². The van der Waals surface area contributed by atoms with Crippen molar-refractivity contribution >= 4 is 28.5 Å². The smallest absolute Gasteiger partial charge is 0.151 e. The molecule has 0 spiro atoms. The molecule has 1 aromatic rings. The average Bonchev–Trinajstić information content (AvgIpc) is 2.03. The van der Waals surface area contributed by atoms with Crippen LogP contribution in [-0.2, 0) is 5.75 Å². The molecule has 5 heteroatoms. The maximum Gasteiger partial charge on any atom is 0.151 e. The standard InChI is InChI=1S/C8H9ClN2S.ClH/c9-7-4-2-1-3-6(7)5-12-8(10)11;/h1-4H,5H2,(H3,10,11);1H/p-1. The van der Waals surface area contributed by atoms with E-state index in [4.69, 9.17) is 22.7 Å². The summed E-state index contributed by atoms with van der Waals surface area (Å²) in [5, 5.41) is 7.86. The fourth-order valence-corrected chi connectivity index (χ4v) is 1.62. The zero-order valence-corrected chi connectivity index (χ0v) is 9.09. The summed E-state index contributed by atoms with van der Waals surface area (Å²) >= 11 is 7.16. The molecule has 0 heterocycles. The predicted octanol–water partition coefficient (Wildman–Crippen LogP) is -0.529. The summed E-state index contributed by atoms with van der Waals surface area (Å²) in [6, 6.07) is 7.56. The van der Waals surface area contributed by atoms with Crippen LogP contribution in [0.25, 0.3) is 0 Å². The second-order valence-corrected chi connectivity index (χ2v) is 3.67. The van der Waals surface area contributed by atoms with Gasteiger partial charge in [-0.15, -0.1) is 0 Å². The van der Waals surface area contributed by atoms with Crippen molar-refractivity contribution in [3.8, 4) is 0 Å². The van der Waals surface area contributed by atoms with Crippen LogP contribution in [0.2, 0.25) is 5.02 Å². The van der Waals surface area contributed by atoms with E-state index in [0.29, 0.717) is 5.75 Å². The van der Waals surface area contributed by atoms with Crippen molar-refractivity contribution in [2.24, 2.45) is 5.73 Å². The largest absolute Gasteiger partial charge is 1.00 e. The molecule has 0 atom stereocenters. The van der Waals surface area contributed by atoms with Crippen molar-refractivity contribution in [1.29, 1.82) is 5.41 Å². The summed E-state index contributed by atoms with van der Waals surface area (Å²) in [6.45, 7) is 0. The van der Waals surface area contributed by atoms with Crippen LogP contribution in [0.3, 0.4) is 0 Å². The Morgan fingerprint density at radius 1 is 1.46 bits per heavy atom. The van der Waals surface area contributed by atoms with Gasteiger partial charge in [0.2, 0.25) is 0 Å². The fraction of sp³-hybridized carbons (Fsp3) is 0.125. The molecule has 0 saturated carbocycles. The molecule has 0 unspecified atom stereocenters. The van der Waals surface area contributed by atoms with Crippen molar-refractivity contribution in [3.63, 3.8) is 0 Å². The molecule has 2 nitrogen and oxygen atoms in total. The second-order valence-electron chi connectivity index (χ2n) is 2.24. The number of rotatable bonds is 2. The number of hydrogen-bond donors (Lipinski definition) is 2. The van der Waals surface area contributed by atoms with Crippen LogP contribution >= 0.6 is 23.4 Å². The van der Waals surface area contributed by atoms with Gasteiger partial charge in [-0.2, -0.15) is 0 Å². The number of nitrogens with two attached hydrogens (primary N) is 1. The summed E-state index contributed by atoms with van der Waals surface area (Å²) in [5.41, 5.74) is 6.21. The summed E-state index contributed by atoms with van der Waals surface area (Å²) < 4.78 is 0. The number of halogens is 2. The molecule has 0 aliphatic carbocycles. The number of amidine groups is 1. The molecule has 0 saturated heterocycles. The Hall–Kier alpha value is -0.380. The van der Waals surface area contributed by atoms with Gasteiger partial charge in [0.1, 0.15) is 0 Å². The van der Waals surface area contributed by atoms with Crippen LogP contribution < -0.4 is 18.1 Å². The first kappa shape index (κ1) is 12.6. The predicted molar refractivity (Wildman–Crippen MR) is 54.7 cm³/mol. The molecule has 1 rings (SSSR count). The van der Waals surface area contributed by atoms with Gasteiger partial charge >= 0.3 is 0 Å². The minimum atomic E-state index is 0. The van der Waals surface area contributed by atoms with Crippen LogP contribution in [0.5, 0.6) is 0 Å². The Morgan fingerprint density at radius 3 is 2.62 bits per heavy atom. The van der Waals surface area contributed by atoms with Crippen LogP contribution in [0, 0.1) is 5.41 Å². The number of hydrogen-bond acceptors (Lipinski definition) is 2. The Bertz CT molecular complexity index is 291. The Labute approximate surface area is 92.8 Å². The van der Waals surface area contributed by atoms with Gasteiger partial charge in [0.15, 0.2) is 5.17 Å². The Balaban J connectivity index is 0.00000144. The zero-order valence-electron chi connectivity index (χ0n) is 6.76. The normalized spacial score (nSPS) is 9.00. The van der Waals surface area contributed by atoms with Crippen molar-refractivity contribution in [2.75, 3.05) is 0 Å². The lowest BCUT2D eigenvalue weighted by atomic mass is 10.2. The highest BCUT2D eigenvalue weighted by atomic mass is 35.5. The lowest BCUT2D eigenvalue weighted by molar-refractivity contribution is -0.00000266. The van der Waals surface area contributed by atoms with Crippen molar-refractivity contribution in [1.82, 2.24) is 0 Å². The Kier molecular flexibility index (Phi) is 5.95. The molecule has 1 aromatic carbocycles. The van der Waals surface area contributed by atoms with Gasteiger partial charge in [0, 0.05) is 10.8 Å². The van der Waals surface area contributed by atoms with Gasteiger partial charge in [0.25, 0.3) is 0 Å². The van der Waals surface area contributed by atoms with Crippen LogP contribution in [0.15, 0.2) is 24.3 Å². The maximum absolute atomic E-state index is 7.01. The van der Waals surface area contributed by atoms with E-state index in [2.05, 4.69) is 0 Å². The van der Waals surface area contributed by atoms with Gasteiger partial charge in [-0.1, -0.05) is 41.6 Å². The van der Waals surface area contributed by atoms with E-state index < -0.39 is 0 Å². The summed E-state index contributed by atoms with van der Waals surface area (Å²) in [7, 11) is 0. The molecule has 72 valence electrons. The van der Waals surface area contributed by atoms with Gasteiger partial charge in [0.05, 0.1) is 0 Å². The fourth-order valence-electron chi connectivity index (χ4n) is 0.771. The van der Waals surface area contributed by atoms with Crippen molar-refractivity contribution < 1.29 is 12.4 Å². The number of benzene rings is 1. The van der Waals surface area contributed by atoms with E-state index in [1.165, 1.54) is 11.8 Å². The van der Waals surface area contributed by atoms with E-state index >= 15 is 0 Å². The Morgan fingerprint density at radius 2 is 2.08 bits per heavy atom. The molecule has 0 radical (unpaired) electrons. The number of thioether (sulfide) groups is 1.